The predicted octanol–water partition coefficient (Wildman–Crippen LogP) is -0.658. The summed E-state index contributed by atoms with van der Waals surface area (Å²) in [5, 5.41) is 0.0486. The van der Waals surface area contributed by atoms with E-state index < -0.39 is 17.9 Å². The van der Waals surface area contributed by atoms with Crippen molar-refractivity contribution in [3.8, 4) is 0 Å². The van der Waals surface area contributed by atoms with E-state index in [1.165, 1.54) is 0 Å². The quantitative estimate of drug-likeness (QED) is 0.455. The zero-order valence-electron chi connectivity index (χ0n) is 8.40. The molecule has 0 fully saturated rings. The van der Waals surface area contributed by atoms with E-state index >= 15 is 0 Å². The third-order valence-corrected chi connectivity index (χ3v) is 0.609. The Morgan fingerprint density at radius 3 is 1.14 bits per heavy atom. The number of hydrogen-bond acceptors (Lipinski definition) is 7. The molecule has 0 aromatic rings. The molecule has 8 heteroatoms. The Kier molecular flexibility index (Phi) is 8.75. The molecule has 0 heterocycles. The molecule has 0 rings (SSSR count). The van der Waals surface area contributed by atoms with Crippen molar-refractivity contribution in [3.05, 3.63) is 0 Å². The summed E-state index contributed by atoms with van der Waals surface area (Å²) < 4.78 is 0. The predicted molar refractivity (Wildman–Crippen MR) is 42.9 cm³/mol. The molecule has 75 valence electrons. The van der Waals surface area contributed by atoms with Crippen molar-refractivity contribution < 1.29 is 28.9 Å². The van der Waals surface area contributed by atoms with E-state index in [2.05, 4.69) is 14.5 Å². The van der Waals surface area contributed by atoms with E-state index in [9.17, 15) is 14.4 Å². The molecule has 0 spiro atoms. The fourth-order valence-electron chi connectivity index (χ4n) is 0.371. The number of carbonyl (C=O) groups is 3. The maximum atomic E-state index is 10.4. The largest absolute Gasteiger partial charge is 0.329 e. The smallest absolute Gasteiger partial charge is 0.301 e. The average molecular weight is 214 g/mol. The first-order valence-electron chi connectivity index (χ1n) is 3.27. The van der Waals surface area contributed by atoms with Gasteiger partial charge in [-0.1, -0.05) is 0 Å². The second kappa shape index (κ2) is 7.74. The van der Waals surface area contributed by atoms with Gasteiger partial charge in [0.25, 0.3) is 0 Å². The van der Waals surface area contributed by atoms with Gasteiger partial charge in [-0.3, -0.25) is 14.4 Å². The molecule has 0 saturated carbocycles. The molecule has 7 nitrogen and oxygen atoms in total. The SMILES string of the molecule is CC(=O)ON(OC(C)=O)OC(C)=O.[Na]. The summed E-state index contributed by atoms with van der Waals surface area (Å²) in [6.45, 7) is 3.17. The minimum atomic E-state index is -0.789. The maximum Gasteiger partial charge on any atom is 0.329 e. The second-order valence-electron chi connectivity index (χ2n) is 1.97. The molecule has 0 aliphatic heterocycles. The molecule has 0 atom stereocenters. The summed E-state index contributed by atoms with van der Waals surface area (Å²) in [5.41, 5.74) is 0. The molecule has 14 heavy (non-hydrogen) atoms. The van der Waals surface area contributed by atoms with Gasteiger partial charge in [0.15, 0.2) is 0 Å². The van der Waals surface area contributed by atoms with Crippen LogP contribution in [-0.4, -0.2) is 52.9 Å². The summed E-state index contributed by atoms with van der Waals surface area (Å²) in [7, 11) is 0. The molecule has 0 amide bonds. The fourth-order valence-corrected chi connectivity index (χ4v) is 0.371. The van der Waals surface area contributed by atoms with Gasteiger partial charge in [0.05, 0.1) is 0 Å². The Labute approximate surface area is 102 Å². The minimum absolute atomic E-state index is 0. The standard InChI is InChI=1S/C6H9NO6.Na/c1-4(8)11-7(12-5(2)9)13-6(3)10;/h1-3H3;. The molecule has 0 N–H and O–H groups in total. The maximum absolute atomic E-state index is 10.4. The van der Waals surface area contributed by atoms with Crippen molar-refractivity contribution in [2.24, 2.45) is 0 Å². The first-order chi connectivity index (χ1) is 5.91. The Hall–Kier alpha value is -0.630. The number of nitrogens with zero attached hydrogens (tertiary/aromatic N) is 1. The van der Waals surface area contributed by atoms with Crippen LogP contribution >= 0.6 is 0 Å². The van der Waals surface area contributed by atoms with E-state index in [1.807, 2.05) is 0 Å². The fraction of sp³-hybridized carbons (Fsp3) is 0.500. The van der Waals surface area contributed by atoms with E-state index in [-0.39, 0.29) is 34.9 Å². The monoisotopic (exact) mass is 214 g/mol. The Morgan fingerprint density at radius 1 is 0.786 bits per heavy atom. The van der Waals surface area contributed by atoms with Crippen LogP contribution in [-0.2, 0) is 28.9 Å². The van der Waals surface area contributed by atoms with Crippen molar-refractivity contribution in [3.63, 3.8) is 0 Å². The van der Waals surface area contributed by atoms with Gasteiger partial charge < -0.3 is 14.5 Å². The Balaban J connectivity index is 0. The third kappa shape index (κ3) is 9.46. The van der Waals surface area contributed by atoms with Gasteiger partial charge in [-0.2, -0.15) is 0 Å². The van der Waals surface area contributed by atoms with Crippen LogP contribution in [0.15, 0.2) is 0 Å². The number of hydrogen-bond donors (Lipinski definition) is 0. The van der Waals surface area contributed by atoms with Gasteiger partial charge in [0.2, 0.25) is 5.39 Å². The van der Waals surface area contributed by atoms with Gasteiger partial charge >= 0.3 is 17.9 Å². The summed E-state index contributed by atoms with van der Waals surface area (Å²) in [5.74, 6) is -2.37. The first-order valence-corrected chi connectivity index (χ1v) is 3.27. The van der Waals surface area contributed by atoms with E-state index in [0.717, 1.165) is 20.8 Å². The molecule has 0 aliphatic carbocycles. The van der Waals surface area contributed by atoms with Crippen LogP contribution in [0.5, 0.6) is 0 Å². The first kappa shape index (κ1) is 15.8. The van der Waals surface area contributed by atoms with Crippen LogP contribution < -0.4 is 0 Å². The molecule has 1 radical (unpaired) electrons. The number of rotatable bonds is 3. The zero-order chi connectivity index (χ0) is 10.4. The Bertz CT molecular complexity index is 192. The molecule has 0 aromatic heterocycles. The third-order valence-electron chi connectivity index (χ3n) is 0.609. The summed E-state index contributed by atoms with van der Waals surface area (Å²) in [6.07, 6.45) is 0. The molecule has 0 aromatic carbocycles. The molecular formula is C6H9NNaO6. The Morgan fingerprint density at radius 2 is 1.00 bits per heavy atom. The average Bonchev–Trinajstić information content (AvgIpc) is 1.80. The zero-order valence-corrected chi connectivity index (χ0v) is 10.4. The molecule has 0 aliphatic rings. The normalized spacial score (nSPS) is 8.57. The number of carbonyl (C=O) groups excluding carboxylic acids is 3. The van der Waals surface area contributed by atoms with Crippen LogP contribution in [0.3, 0.4) is 0 Å². The van der Waals surface area contributed by atoms with Crippen LogP contribution in [0.4, 0.5) is 0 Å². The van der Waals surface area contributed by atoms with E-state index in [1.54, 1.807) is 0 Å². The van der Waals surface area contributed by atoms with Gasteiger partial charge in [-0.25, -0.2) is 0 Å². The van der Waals surface area contributed by atoms with E-state index in [0.29, 0.717) is 0 Å². The minimum Gasteiger partial charge on any atom is -0.301 e. The van der Waals surface area contributed by atoms with Crippen molar-refractivity contribution in [1.82, 2.24) is 5.39 Å². The molecule has 0 saturated heterocycles. The summed E-state index contributed by atoms with van der Waals surface area (Å²) in [6, 6.07) is 0. The van der Waals surface area contributed by atoms with Gasteiger partial charge in [-0.05, 0) is 0 Å². The van der Waals surface area contributed by atoms with Crippen molar-refractivity contribution in [2.75, 3.05) is 0 Å². The molecule has 0 bridgehead atoms. The van der Waals surface area contributed by atoms with Crippen molar-refractivity contribution in [1.29, 1.82) is 0 Å². The van der Waals surface area contributed by atoms with Gasteiger partial charge in [0, 0.05) is 50.3 Å². The van der Waals surface area contributed by atoms with E-state index in [4.69, 9.17) is 0 Å². The summed E-state index contributed by atoms with van der Waals surface area (Å²) >= 11 is 0. The second-order valence-corrected chi connectivity index (χ2v) is 1.97. The summed E-state index contributed by atoms with van der Waals surface area (Å²) in [4.78, 5) is 43.7. The van der Waals surface area contributed by atoms with Gasteiger partial charge in [0.1, 0.15) is 0 Å². The van der Waals surface area contributed by atoms with Crippen LogP contribution in [0, 0.1) is 0 Å². The molecule has 0 unspecified atom stereocenters. The van der Waals surface area contributed by atoms with Crippen LogP contribution in [0.1, 0.15) is 20.8 Å². The van der Waals surface area contributed by atoms with Crippen molar-refractivity contribution in [2.45, 2.75) is 20.8 Å². The van der Waals surface area contributed by atoms with Crippen LogP contribution in [0.25, 0.3) is 0 Å². The van der Waals surface area contributed by atoms with Crippen LogP contribution in [0.2, 0.25) is 0 Å². The topological polar surface area (TPSA) is 82.1 Å². The van der Waals surface area contributed by atoms with Crippen molar-refractivity contribution >= 4 is 47.5 Å². The molecular weight excluding hydrogens is 205 g/mol. The van der Waals surface area contributed by atoms with Gasteiger partial charge in [-0.15, -0.1) is 0 Å².